The summed E-state index contributed by atoms with van der Waals surface area (Å²) >= 11 is 1.26. The summed E-state index contributed by atoms with van der Waals surface area (Å²) < 4.78 is 14.2. The molecule has 0 amide bonds. The Kier molecular flexibility index (Phi) is 4.81. The molecule has 1 atom stereocenters. The van der Waals surface area contributed by atoms with Crippen LogP contribution in [0.3, 0.4) is 0 Å². The van der Waals surface area contributed by atoms with Gasteiger partial charge in [0.2, 0.25) is 0 Å². The second kappa shape index (κ2) is 5.60. The average Bonchev–Trinajstić information content (AvgIpc) is 2.21. The van der Waals surface area contributed by atoms with E-state index >= 15 is 0 Å². The fraction of sp³-hybridized carbons (Fsp3) is 0.417. The van der Waals surface area contributed by atoms with Gasteiger partial charge in [-0.25, -0.2) is 0 Å². The third kappa shape index (κ3) is 3.71. The van der Waals surface area contributed by atoms with Crippen molar-refractivity contribution in [3.63, 3.8) is 0 Å². The molecule has 4 N–H and O–H groups in total. The molecule has 0 aliphatic heterocycles. The van der Waals surface area contributed by atoms with Crippen LogP contribution in [-0.2, 0) is 16.8 Å². The Labute approximate surface area is 120 Å². The van der Waals surface area contributed by atoms with Crippen molar-refractivity contribution in [1.29, 1.82) is 0 Å². The number of rotatable bonds is 4. The van der Waals surface area contributed by atoms with Gasteiger partial charge in [0, 0.05) is 0 Å². The molecule has 1 unspecified atom stereocenters. The number of carboxylic acid groups (broad SMARTS) is 1. The number of nitrogens with two attached hydrogens (primary N) is 1. The number of carboxylic acids is 1. The van der Waals surface area contributed by atoms with Gasteiger partial charge in [-0.2, -0.15) is 0 Å². The number of hydrogen-bond donors (Lipinski definition) is 3. The molecule has 0 aromatic heterocycles. The van der Waals surface area contributed by atoms with Crippen molar-refractivity contribution in [3.8, 4) is 0 Å². The first-order chi connectivity index (χ1) is 8.12. The Bertz CT molecular complexity index is 471. The van der Waals surface area contributed by atoms with E-state index in [1.165, 1.54) is 36.9 Å². The molecule has 1 aromatic carbocycles. The number of benzene rings is 1. The second-order valence-corrected chi connectivity index (χ2v) is 6.10. The molecular formula is C12H15AtFNO3. The maximum atomic E-state index is 13.5. The van der Waals surface area contributed by atoms with Gasteiger partial charge < -0.3 is 0 Å². The van der Waals surface area contributed by atoms with Crippen molar-refractivity contribution >= 4 is 9.24 Å². The molecule has 0 saturated carbocycles. The van der Waals surface area contributed by atoms with Gasteiger partial charge in [0.05, 0.1) is 0 Å². The van der Waals surface area contributed by atoms with E-state index in [4.69, 9.17) is 10.8 Å². The number of halogens is 1. The number of aliphatic hydroxyl groups is 1. The summed E-state index contributed by atoms with van der Waals surface area (Å²) in [7, 11) is 0. The zero-order valence-electron chi connectivity index (χ0n) is 10.1. The van der Waals surface area contributed by atoms with Gasteiger partial charge in [0.15, 0.2) is 0 Å². The van der Waals surface area contributed by atoms with E-state index < -0.39 is 23.4 Å². The van der Waals surface area contributed by atoms with Crippen LogP contribution in [0.25, 0.3) is 0 Å². The van der Waals surface area contributed by atoms with E-state index in [9.17, 15) is 14.3 Å². The number of aliphatic carboxylic acids is 1. The Morgan fingerprint density at radius 2 is 2.11 bits per heavy atom. The average molecular weight is 450 g/mol. The van der Waals surface area contributed by atoms with E-state index in [2.05, 4.69) is 0 Å². The summed E-state index contributed by atoms with van der Waals surface area (Å²) in [4.78, 5) is 10.7. The van der Waals surface area contributed by atoms with Crippen LogP contribution in [0, 0.1) is 30.5 Å². The topological polar surface area (TPSA) is 83.5 Å². The Morgan fingerprint density at radius 1 is 1.56 bits per heavy atom. The van der Waals surface area contributed by atoms with Crippen LogP contribution in [0.15, 0.2) is 12.1 Å². The van der Waals surface area contributed by atoms with Gasteiger partial charge in [0.25, 0.3) is 0 Å². The third-order valence-corrected chi connectivity index (χ3v) is 4.26. The summed E-state index contributed by atoms with van der Waals surface area (Å²) in [5, 5.41) is 18.7. The van der Waals surface area contributed by atoms with Gasteiger partial charge in [-0.3, -0.25) is 0 Å². The zero-order valence-corrected chi connectivity index (χ0v) is 13.0. The van der Waals surface area contributed by atoms with Crippen LogP contribution in [0.2, 0.25) is 0 Å². The normalized spacial score (nSPS) is 13.4. The predicted octanol–water partition coefficient (Wildman–Crippen LogP) is 0.182. The summed E-state index contributed by atoms with van der Waals surface area (Å²) in [6.07, 6.45) is 0.0437. The van der Waals surface area contributed by atoms with Crippen LogP contribution >= 0.6 is 0 Å². The van der Waals surface area contributed by atoms with E-state index in [-0.39, 0.29) is 6.42 Å². The quantitative estimate of drug-likeness (QED) is 0.612. The molecule has 0 fully saturated rings. The molecule has 100 valence electrons. The molecular weight excluding hydrogens is 435 g/mol. The fourth-order valence-corrected chi connectivity index (χ4v) is 3.19. The SMILES string of the molecule is CC(C)(O)c1cc(F)cc(CC(N)C(=O)O)c1[At]. The van der Waals surface area contributed by atoms with Crippen LogP contribution in [0.5, 0.6) is 0 Å². The van der Waals surface area contributed by atoms with Crippen LogP contribution < -0.4 is 9.01 Å². The Balaban J connectivity index is 3.22. The standard InChI is InChI=1S/C12H15AtFNO3/c1-12(2,18)8-5-7(14)3-6(10(8)13)4-9(15)11(16)17/h3,5,9,18H,4,15H2,1-2H3,(H,16,17). The second-order valence-electron chi connectivity index (χ2n) is 4.63. The van der Waals surface area contributed by atoms with E-state index in [1.807, 2.05) is 0 Å². The number of hydrogen-bond acceptors (Lipinski definition) is 3. The Hall–Kier alpha value is -0.577. The van der Waals surface area contributed by atoms with E-state index in [1.54, 1.807) is 13.8 Å². The fourth-order valence-electron chi connectivity index (χ4n) is 1.56. The summed E-state index contributed by atoms with van der Waals surface area (Å²) in [6.45, 7) is 3.12. The Morgan fingerprint density at radius 3 is 2.56 bits per heavy atom. The molecule has 0 bridgehead atoms. The van der Waals surface area contributed by atoms with Crippen molar-refractivity contribution in [2.75, 3.05) is 0 Å². The molecule has 0 saturated heterocycles. The van der Waals surface area contributed by atoms with Gasteiger partial charge >= 0.3 is 120 Å². The maximum absolute atomic E-state index is 13.5. The third-order valence-electron chi connectivity index (χ3n) is 2.53. The minimum atomic E-state index is -1.17. The van der Waals surface area contributed by atoms with E-state index in [0.717, 1.165) is 3.27 Å². The molecule has 0 heterocycles. The van der Waals surface area contributed by atoms with Gasteiger partial charge in [0.1, 0.15) is 0 Å². The van der Waals surface area contributed by atoms with Gasteiger partial charge in [-0.15, -0.1) is 0 Å². The molecule has 0 spiro atoms. The van der Waals surface area contributed by atoms with Crippen LogP contribution in [-0.4, -0.2) is 22.2 Å². The van der Waals surface area contributed by atoms with Crippen molar-refractivity contribution in [2.24, 2.45) is 5.73 Å². The van der Waals surface area contributed by atoms with Gasteiger partial charge in [-0.05, 0) is 0 Å². The molecule has 18 heavy (non-hydrogen) atoms. The predicted molar refractivity (Wildman–Crippen MR) is 60.6 cm³/mol. The van der Waals surface area contributed by atoms with Crippen LogP contribution in [0.4, 0.5) is 4.39 Å². The first-order valence-corrected chi connectivity index (χ1v) is 6.79. The number of carbonyl (C=O) groups is 1. The monoisotopic (exact) mass is 450 g/mol. The molecule has 0 radical (unpaired) electrons. The molecule has 0 aliphatic carbocycles. The summed E-state index contributed by atoms with van der Waals surface area (Å²) in [6, 6.07) is 1.47. The van der Waals surface area contributed by atoms with Crippen molar-refractivity contribution in [2.45, 2.75) is 31.9 Å². The molecule has 1 aromatic rings. The summed E-state index contributed by atoms with van der Waals surface area (Å²) in [5.41, 5.74) is 5.27. The van der Waals surface area contributed by atoms with E-state index in [0.29, 0.717) is 11.1 Å². The molecule has 6 heteroatoms. The van der Waals surface area contributed by atoms with Crippen LogP contribution in [0.1, 0.15) is 25.0 Å². The van der Waals surface area contributed by atoms with Crippen molar-refractivity contribution < 1.29 is 44.1 Å². The van der Waals surface area contributed by atoms with Gasteiger partial charge in [-0.1, -0.05) is 0 Å². The summed E-state index contributed by atoms with van der Waals surface area (Å²) in [5.74, 6) is -1.63. The minimum absolute atomic E-state index is 0.0437. The zero-order chi connectivity index (χ0) is 14.1. The first kappa shape index (κ1) is 15.5. The molecule has 4 nitrogen and oxygen atoms in total. The first-order valence-electron chi connectivity index (χ1n) is 5.32. The molecule has 0 aliphatic rings. The van der Waals surface area contributed by atoms with Crippen molar-refractivity contribution in [3.05, 3.63) is 29.1 Å². The van der Waals surface area contributed by atoms with Crippen molar-refractivity contribution in [1.82, 2.24) is 0 Å². The molecule has 1 rings (SSSR count).